The van der Waals surface area contributed by atoms with Crippen LogP contribution in [0.15, 0.2) is 24.3 Å². The predicted molar refractivity (Wildman–Crippen MR) is 55.9 cm³/mol. The third-order valence-electron chi connectivity index (χ3n) is 2.94. The number of benzene rings is 1. The van der Waals surface area contributed by atoms with Gasteiger partial charge < -0.3 is 5.73 Å². The van der Waals surface area contributed by atoms with E-state index in [-0.39, 0.29) is 5.91 Å². The number of amides is 1. The molecule has 0 spiro atoms. The van der Waals surface area contributed by atoms with Gasteiger partial charge in [0.1, 0.15) is 0 Å². The van der Waals surface area contributed by atoms with E-state index in [1.165, 1.54) is 17.5 Å². The maximum atomic E-state index is 10.9. The van der Waals surface area contributed by atoms with E-state index in [9.17, 15) is 4.79 Å². The summed E-state index contributed by atoms with van der Waals surface area (Å²) < 4.78 is 0. The van der Waals surface area contributed by atoms with Crippen LogP contribution < -0.4 is 5.73 Å². The lowest BCUT2D eigenvalue weighted by atomic mass is 9.81. The molecule has 0 saturated carbocycles. The monoisotopic (exact) mass is 189 g/mol. The van der Waals surface area contributed by atoms with E-state index in [4.69, 9.17) is 5.73 Å². The molecule has 0 aliphatic heterocycles. The predicted octanol–water partition coefficient (Wildman–Crippen LogP) is 1.98. The molecule has 0 bridgehead atoms. The van der Waals surface area contributed by atoms with E-state index in [1.807, 2.05) is 6.07 Å². The summed E-state index contributed by atoms with van der Waals surface area (Å²) in [4.78, 5) is 10.9. The topological polar surface area (TPSA) is 43.1 Å². The fourth-order valence-corrected chi connectivity index (χ4v) is 2.31. The first kappa shape index (κ1) is 9.25. The maximum Gasteiger partial charge on any atom is 0.218 e. The Labute approximate surface area is 84.1 Å². The van der Waals surface area contributed by atoms with Gasteiger partial charge in [0.15, 0.2) is 0 Å². The van der Waals surface area contributed by atoms with Crippen molar-refractivity contribution in [2.75, 3.05) is 0 Å². The van der Waals surface area contributed by atoms with Gasteiger partial charge in [-0.05, 0) is 36.3 Å². The van der Waals surface area contributed by atoms with Gasteiger partial charge in [-0.3, -0.25) is 4.79 Å². The quantitative estimate of drug-likeness (QED) is 0.759. The number of aryl methyl sites for hydroxylation is 1. The average molecular weight is 189 g/mol. The first-order chi connectivity index (χ1) is 6.77. The van der Waals surface area contributed by atoms with Crippen molar-refractivity contribution in [2.45, 2.75) is 31.6 Å². The number of fused-ring (bicyclic) bond motifs is 1. The molecule has 0 radical (unpaired) electrons. The average Bonchev–Trinajstić information content (AvgIpc) is 2.18. The van der Waals surface area contributed by atoms with E-state index in [0.29, 0.717) is 12.3 Å². The third kappa shape index (κ3) is 1.79. The van der Waals surface area contributed by atoms with Gasteiger partial charge in [-0.2, -0.15) is 0 Å². The van der Waals surface area contributed by atoms with Crippen molar-refractivity contribution in [1.29, 1.82) is 0 Å². The minimum absolute atomic E-state index is 0.188. The molecule has 0 aromatic heterocycles. The Kier molecular flexibility index (Phi) is 2.53. The van der Waals surface area contributed by atoms with Crippen LogP contribution in [-0.4, -0.2) is 5.91 Å². The SMILES string of the molecule is NC(=O)C[C@@H]1CCCc2ccccc21. The maximum absolute atomic E-state index is 10.9. The summed E-state index contributed by atoms with van der Waals surface area (Å²) in [6.45, 7) is 0. The number of carbonyl (C=O) groups is 1. The molecule has 2 heteroatoms. The second-order valence-electron chi connectivity index (χ2n) is 3.96. The van der Waals surface area contributed by atoms with Gasteiger partial charge in [-0.1, -0.05) is 24.3 Å². The molecule has 2 rings (SSSR count). The summed E-state index contributed by atoms with van der Waals surface area (Å²) >= 11 is 0. The highest BCUT2D eigenvalue weighted by Crippen LogP contribution is 2.33. The molecular weight excluding hydrogens is 174 g/mol. The number of nitrogens with two attached hydrogens (primary N) is 1. The molecule has 1 aliphatic rings. The number of hydrogen-bond acceptors (Lipinski definition) is 1. The fraction of sp³-hybridized carbons (Fsp3) is 0.417. The molecule has 14 heavy (non-hydrogen) atoms. The van der Waals surface area contributed by atoms with E-state index >= 15 is 0 Å². The van der Waals surface area contributed by atoms with Crippen LogP contribution in [-0.2, 0) is 11.2 Å². The molecule has 1 amide bonds. The molecule has 1 aromatic rings. The Bertz CT molecular complexity index is 346. The van der Waals surface area contributed by atoms with Crippen LogP contribution in [0.5, 0.6) is 0 Å². The zero-order chi connectivity index (χ0) is 9.97. The Hall–Kier alpha value is -1.31. The lowest BCUT2D eigenvalue weighted by Crippen LogP contribution is -2.18. The minimum Gasteiger partial charge on any atom is -0.370 e. The van der Waals surface area contributed by atoms with Crippen molar-refractivity contribution in [1.82, 2.24) is 0 Å². The highest BCUT2D eigenvalue weighted by atomic mass is 16.1. The van der Waals surface area contributed by atoms with E-state index < -0.39 is 0 Å². The smallest absolute Gasteiger partial charge is 0.218 e. The van der Waals surface area contributed by atoms with Crippen molar-refractivity contribution in [2.24, 2.45) is 5.73 Å². The van der Waals surface area contributed by atoms with Gasteiger partial charge in [-0.15, -0.1) is 0 Å². The number of carbonyl (C=O) groups excluding carboxylic acids is 1. The molecule has 1 atom stereocenters. The molecule has 1 aromatic carbocycles. The molecule has 1 aliphatic carbocycles. The molecule has 0 saturated heterocycles. The van der Waals surface area contributed by atoms with Crippen molar-refractivity contribution in [3.05, 3.63) is 35.4 Å². The number of hydrogen-bond donors (Lipinski definition) is 1. The lowest BCUT2D eigenvalue weighted by molar-refractivity contribution is -0.118. The summed E-state index contributed by atoms with van der Waals surface area (Å²) in [7, 11) is 0. The van der Waals surface area contributed by atoms with Gasteiger partial charge in [-0.25, -0.2) is 0 Å². The van der Waals surface area contributed by atoms with Crippen molar-refractivity contribution in [3.63, 3.8) is 0 Å². The van der Waals surface area contributed by atoms with Crippen molar-refractivity contribution >= 4 is 5.91 Å². The molecular formula is C12H15NO. The van der Waals surface area contributed by atoms with Crippen LogP contribution in [0.2, 0.25) is 0 Å². The fourth-order valence-electron chi connectivity index (χ4n) is 2.31. The number of primary amides is 1. The van der Waals surface area contributed by atoms with Gasteiger partial charge >= 0.3 is 0 Å². The zero-order valence-electron chi connectivity index (χ0n) is 8.20. The molecule has 2 N–H and O–H groups in total. The van der Waals surface area contributed by atoms with Crippen LogP contribution in [0.25, 0.3) is 0 Å². The standard InChI is InChI=1S/C12H15NO/c13-12(14)8-10-6-3-5-9-4-1-2-7-11(9)10/h1-2,4,7,10H,3,5-6,8H2,(H2,13,14)/t10-/m0/s1. The van der Waals surface area contributed by atoms with E-state index in [1.54, 1.807) is 0 Å². The molecule has 0 unspecified atom stereocenters. The first-order valence-electron chi connectivity index (χ1n) is 5.13. The van der Waals surface area contributed by atoms with Crippen LogP contribution in [0.1, 0.15) is 36.3 Å². The Morgan fingerprint density at radius 2 is 2.21 bits per heavy atom. The Morgan fingerprint density at radius 3 is 3.00 bits per heavy atom. The third-order valence-corrected chi connectivity index (χ3v) is 2.94. The second kappa shape index (κ2) is 3.82. The molecule has 0 fully saturated rings. The highest BCUT2D eigenvalue weighted by Gasteiger charge is 2.20. The van der Waals surface area contributed by atoms with Crippen molar-refractivity contribution < 1.29 is 4.79 Å². The minimum atomic E-state index is -0.188. The summed E-state index contributed by atoms with van der Waals surface area (Å²) in [6, 6.07) is 8.38. The van der Waals surface area contributed by atoms with Gasteiger partial charge in [0.05, 0.1) is 0 Å². The Balaban J connectivity index is 2.26. The first-order valence-corrected chi connectivity index (χ1v) is 5.13. The number of rotatable bonds is 2. The van der Waals surface area contributed by atoms with Crippen LogP contribution in [0.4, 0.5) is 0 Å². The van der Waals surface area contributed by atoms with Crippen LogP contribution in [0, 0.1) is 0 Å². The highest BCUT2D eigenvalue weighted by molar-refractivity contribution is 5.74. The normalized spacial score (nSPS) is 20.1. The van der Waals surface area contributed by atoms with Crippen LogP contribution >= 0.6 is 0 Å². The van der Waals surface area contributed by atoms with E-state index in [0.717, 1.165) is 12.8 Å². The van der Waals surface area contributed by atoms with Crippen molar-refractivity contribution in [3.8, 4) is 0 Å². The molecule has 74 valence electrons. The van der Waals surface area contributed by atoms with E-state index in [2.05, 4.69) is 18.2 Å². The summed E-state index contributed by atoms with van der Waals surface area (Å²) in [5.41, 5.74) is 7.97. The molecule has 0 heterocycles. The van der Waals surface area contributed by atoms with Crippen LogP contribution in [0.3, 0.4) is 0 Å². The molecule has 2 nitrogen and oxygen atoms in total. The summed E-state index contributed by atoms with van der Waals surface area (Å²) in [5.74, 6) is 0.171. The Morgan fingerprint density at radius 1 is 1.43 bits per heavy atom. The van der Waals surface area contributed by atoms with Gasteiger partial charge in [0.2, 0.25) is 5.91 Å². The second-order valence-corrected chi connectivity index (χ2v) is 3.96. The van der Waals surface area contributed by atoms with Gasteiger partial charge in [0, 0.05) is 6.42 Å². The largest absolute Gasteiger partial charge is 0.370 e. The summed E-state index contributed by atoms with van der Waals surface area (Å²) in [5, 5.41) is 0. The lowest BCUT2D eigenvalue weighted by Gasteiger charge is -2.24. The zero-order valence-corrected chi connectivity index (χ0v) is 8.20. The van der Waals surface area contributed by atoms with Gasteiger partial charge in [0.25, 0.3) is 0 Å². The summed E-state index contributed by atoms with van der Waals surface area (Å²) in [6.07, 6.45) is 3.91.